The lowest BCUT2D eigenvalue weighted by Gasteiger charge is -2.25. The van der Waals surface area contributed by atoms with E-state index in [0.29, 0.717) is 17.6 Å². The summed E-state index contributed by atoms with van der Waals surface area (Å²) in [5.41, 5.74) is 8.19. The van der Waals surface area contributed by atoms with Crippen LogP contribution in [0.4, 0.5) is 0 Å². The zero-order valence-electron chi connectivity index (χ0n) is 15.2. The molecule has 0 aliphatic carbocycles. The lowest BCUT2D eigenvalue weighted by Crippen LogP contribution is -2.32. The highest BCUT2D eigenvalue weighted by Crippen LogP contribution is 2.23. The summed E-state index contributed by atoms with van der Waals surface area (Å²) >= 11 is 0. The number of likely N-dealkylation sites (tertiary alicyclic amines) is 1. The number of nitrogens with two attached hydrogens (primary N) is 1. The minimum Gasteiger partial charge on any atom is -0.336 e. The normalized spacial score (nSPS) is 17.4. The Morgan fingerprint density at radius 3 is 3.04 bits per heavy atom. The number of aromatic nitrogens is 4. The van der Waals surface area contributed by atoms with Crippen LogP contribution in [0.5, 0.6) is 0 Å². The fourth-order valence-corrected chi connectivity index (χ4v) is 3.75. The molecule has 7 nitrogen and oxygen atoms in total. The van der Waals surface area contributed by atoms with E-state index in [0.717, 1.165) is 25.2 Å². The second-order valence-electron chi connectivity index (χ2n) is 7.02. The number of rotatable bonds is 6. The average Bonchev–Trinajstić information content (AvgIpc) is 3.34. The van der Waals surface area contributed by atoms with Crippen LogP contribution in [-0.4, -0.2) is 37.0 Å². The lowest BCUT2D eigenvalue weighted by atomic mass is 10.1. The fraction of sp³-hybridized carbons (Fsp3) is 0.350. The van der Waals surface area contributed by atoms with Crippen LogP contribution in [0.1, 0.15) is 24.1 Å². The molecule has 0 amide bonds. The summed E-state index contributed by atoms with van der Waals surface area (Å²) in [7, 11) is 0. The molecule has 1 unspecified atom stereocenters. The summed E-state index contributed by atoms with van der Waals surface area (Å²) in [6, 6.07) is 10.2. The number of hydrogen-bond donors (Lipinski definition) is 2. The first-order valence-corrected chi connectivity index (χ1v) is 9.30. The number of aromatic amines is 1. The van der Waals surface area contributed by atoms with Crippen molar-refractivity contribution in [2.75, 3.05) is 6.54 Å². The molecular formula is C20H24N6O. The third-order valence-electron chi connectivity index (χ3n) is 5.07. The molecule has 0 bridgehead atoms. The molecule has 140 valence electrons. The molecule has 1 aliphatic heterocycles. The van der Waals surface area contributed by atoms with Gasteiger partial charge in [0.05, 0.1) is 12.0 Å². The van der Waals surface area contributed by atoms with Crippen molar-refractivity contribution in [3.8, 4) is 11.4 Å². The highest BCUT2D eigenvalue weighted by Gasteiger charge is 2.24. The van der Waals surface area contributed by atoms with Crippen LogP contribution in [0, 0.1) is 0 Å². The number of benzene rings is 1. The highest BCUT2D eigenvalue weighted by atomic mass is 16.1. The largest absolute Gasteiger partial charge is 0.336 e. The maximum atomic E-state index is 11.8. The first-order chi connectivity index (χ1) is 13.2. The molecule has 4 rings (SSSR count). The molecular weight excluding hydrogens is 340 g/mol. The van der Waals surface area contributed by atoms with Crippen molar-refractivity contribution in [1.82, 2.24) is 24.4 Å². The van der Waals surface area contributed by atoms with Crippen molar-refractivity contribution in [2.24, 2.45) is 5.73 Å². The summed E-state index contributed by atoms with van der Waals surface area (Å²) in [5.74, 6) is 0.571. The molecule has 27 heavy (non-hydrogen) atoms. The molecule has 1 atom stereocenters. The summed E-state index contributed by atoms with van der Waals surface area (Å²) in [5, 5.41) is 0. The second-order valence-corrected chi connectivity index (χ2v) is 7.02. The van der Waals surface area contributed by atoms with E-state index >= 15 is 0 Å². The van der Waals surface area contributed by atoms with Crippen molar-refractivity contribution in [3.63, 3.8) is 0 Å². The third-order valence-corrected chi connectivity index (χ3v) is 5.07. The Morgan fingerprint density at radius 2 is 2.22 bits per heavy atom. The molecule has 3 aromatic rings. The quantitative estimate of drug-likeness (QED) is 0.695. The van der Waals surface area contributed by atoms with E-state index in [1.54, 1.807) is 0 Å². The molecule has 1 aromatic carbocycles. The van der Waals surface area contributed by atoms with Crippen molar-refractivity contribution in [3.05, 3.63) is 70.7 Å². The average molecular weight is 364 g/mol. The minimum absolute atomic E-state index is 0.175. The van der Waals surface area contributed by atoms with Crippen LogP contribution in [0.3, 0.4) is 0 Å². The Hall–Kier alpha value is -2.77. The van der Waals surface area contributed by atoms with E-state index in [4.69, 9.17) is 5.73 Å². The van der Waals surface area contributed by atoms with E-state index in [-0.39, 0.29) is 12.1 Å². The van der Waals surface area contributed by atoms with Gasteiger partial charge in [0.2, 0.25) is 0 Å². The molecule has 3 heterocycles. The van der Waals surface area contributed by atoms with E-state index in [1.807, 2.05) is 30.9 Å². The Morgan fingerprint density at radius 1 is 1.30 bits per heavy atom. The predicted molar refractivity (Wildman–Crippen MR) is 104 cm³/mol. The molecule has 0 radical (unpaired) electrons. The van der Waals surface area contributed by atoms with Gasteiger partial charge in [0.25, 0.3) is 5.56 Å². The van der Waals surface area contributed by atoms with E-state index in [1.165, 1.54) is 24.5 Å². The van der Waals surface area contributed by atoms with Crippen LogP contribution >= 0.6 is 0 Å². The first kappa shape index (κ1) is 17.6. The Balaban J connectivity index is 1.52. The number of imidazole rings is 1. The molecule has 1 fully saturated rings. The smallest absolute Gasteiger partial charge is 0.251 e. The van der Waals surface area contributed by atoms with Gasteiger partial charge in [-0.1, -0.05) is 18.2 Å². The Bertz CT molecular complexity index is 949. The van der Waals surface area contributed by atoms with Gasteiger partial charge < -0.3 is 15.3 Å². The molecule has 1 aliphatic rings. The van der Waals surface area contributed by atoms with Crippen LogP contribution in [0.15, 0.2) is 53.8 Å². The van der Waals surface area contributed by atoms with Crippen molar-refractivity contribution in [1.29, 1.82) is 0 Å². The van der Waals surface area contributed by atoms with Crippen LogP contribution in [-0.2, 0) is 19.6 Å². The van der Waals surface area contributed by atoms with E-state index in [2.05, 4.69) is 36.6 Å². The monoisotopic (exact) mass is 364 g/mol. The van der Waals surface area contributed by atoms with E-state index in [9.17, 15) is 4.79 Å². The van der Waals surface area contributed by atoms with Gasteiger partial charge >= 0.3 is 0 Å². The minimum atomic E-state index is -0.175. The zero-order chi connectivity index (χ0) is 18.6. The standard InChI is InChI=1S/C20H24N6O/c21-11-17-10-19(27)24-20(23-17)16-4-1-3-15(9-16)12-26-7-2-5-18(26)13-25-8-6-22-14-25/h1,3-4,6,8-10,14,18H,2,5,7,11-13,21H2,(H,23,24,27). The Labute approximate surface area is 157 Å². The number of hydrogen-bond acceptors (Lipinski definition) is 5. The van der Waals surface area contributed by atoms with Gasteiger partial charge in [0.15, 0.2) is 0 Å². The summed E-state index contributed by atoms with van der Waals surface area (Å²) in [6.45, 7) is 3.20. The number of H-pyrrole nitrogens is 1. The van der Waals surface area contributed by atoms with Gasteiger partial charge in [-0.05, 0) is 31.0 Å². The van der Waals surface area contributed by atoms with Crippen LogP contribution in [0.25, 0.3) is 11.4 Å². The van der Waals surface area contributed by atoms with Gasteiger partial charge in [-0.2, -0.15) is 0 Å². The summed E-state index contributed by atoms with van der Waals surface area (Å²) in [4.78, 5) is 25.8. The molecule has 1 saturated heterocycles. The van der Waals surface area contributed by atoms with Crippen molar-refractivity contribution < 1.29 is 0 Å². The van der Waals surface area contributed by atoms with Gasteiger partial charge in [-0.25, -0.2) is 9.97 Å². The lowest BCUT2D eigenvalue weighted by molar-refractivity contribution is 0.224. The SMILES string of the molecule is NCc1cc(=O)[nH]c(-c2cccc(CN3CCCC3Cn3ccnc3)c2)n1. The first-order valence-electron chi connectivity index (χ1n) is 9.30. The number of nitrogens with one attached hydrogen (secondary N) is 1. The van der Waals surface area contributed by atoms with Crippen LogP contribution in [0.2, 0.25) is 0 Å². The maximum Gasteiger partial charge on any atom is 0.251 e. The second kappa shape index (κ2) is 7.85. The van der Waals surface area contributed by atoms with Crippen LogP contribution < -0.4 is 11.3 Å². The van der Waals surface area contributed by atoms with Gasteiger partial charge in [-0.15, -0.1) is 0 Å². The molecule has 7 heteroatoms. The maximum absolute atomic E-state index is 11.8. The topological polar surface area (TPSA) is 92.8 Å². The highest BCUT2D eigenvalue weighted by molar-refractivity contribution is 5.56. The van der Waals surface area contributed by atoms with Gasteiger partial charge in [0.1, 0.15) is 5.82 Å². The summed E-state index contributed by atoms with van der Waals surface area (Å²) < 4.78 is 2.15. The summed E-state index contributed by atoms with van der Waals surface area (Å²) in [6.07, 6.45) is 8.14. The van der Waals surface area contributed by atoms with Crippen molar-refractivity contribution >= 4 is 0 Å². The molecule has 0 saturated carbocycles. The number of nitrogens with zero attached hydrogens (tertiary/aromatic N) is 4. The molecule has 3 N–H and O–H groups in total. The van der Waals surface area contributed by atoms with Gasteiger partial charge in [0, 0.05) is 49.7 Å². The zero-order valence-corrected chi connectivity index (χ0v) is 15.2. The Kier molecular flexibility index (Phi) is 5.13. The van der Waals surface area contributed by atoms with Gasteiger partial charge in [-0.3, -0.25) is 9.69 Å². The fourth-order valence-electron chi connectivity index (χ4n) is 3.75. The third kappa shape index (κ3) is 4.15. The molecule has 2 aromatic heterocycles. The van der Waals surface area contributed by atoms with Crippen molar-refractivity contribution in [2.45, 2.75) is 38.5 Å². The van der Waals surface area contributed by atoms with E-state index < -0.39 is 0 Å². The predicted octanol–water partition coefficient (Wildman–Crippen LogP) is 1.76. The molecule has 0 spiro atoms.